The van der Waals surface area contributed by atoms with Crippen molar-refractivity contribution in [2.75, 3.05) is 0 Å². The number of aliphatic hydroxyl groups excluding tert-OH is 1. The van der Waals surface area contributed by atoms with Crippen LogP contribution in [0.25, 0.3) is 0 Å². The second-order valence-corrected chi connectivity index (χ2v) is 5.69. The third-order valence-corrected chi connectivity index (χ3v) is 4.05. The second-order valence-electron chi connectivity index (χ2n) is 5.69. The molecule has 92 valence electrons. The fraction of sp³-hybridized carbons (Fsp3) is 0.600. The lowest BCUT2D eigenvalue weighted by molar-refractivity contribution is 0.134. The van der Waals surface area contributed by atoms with Gasteiger partial charge in [0.25, 0.3) is 0 Å². The molecule has 1 aromatic carbocycles. The van der Waals surface area contributed by atoms with Crippen molar-refractivity contribution in [2.45, 2.75) is 50.8 Å². The van der Waals surface area contributed by atoms with Gasteiger partial charge < -0.3 is 10.4 Å². The van der Waals surface area contributed by atoms with Crippen LogP contribution >= 0.6 is 0 Å². The SMILES string of the molecule is CC(CC1CC1)N[C@@H]1c2ccccc2C[C@@H]1O. The summed E-state index contributed by atoms with van der Waals surface area (Å²) in [4.78, 5) is 0. The lowest BCUT2D eigenvalue weighted by Gasteiger charge is -2.23. The molecular weight excluding hydrogens is 210 g/mol. The van der Waals surface area contributed by atoms with E-state index in [0.717, 1.165) is 12.3 Å². The van der Waals surface area contributed by atoms with Crippen LogP contribution in [0.3, 0.4) is 0 Å². The molecule has 3 rings (SSSR count). The number of aliphatic hydroxyl groups is 1. The van der Waals surface area contributed by atoms with Gasteiger partial charge in [-0.05, 0) is 30.4 Å². The van der Waals surface area contributed by atoms with Gasteiger partial charge in [-0.2, -0.15) is 0 Å². The van der Waals surface area contributed by atoms with E-state index in [0.29, 0.717) is 6.04 Å². The van der Waals surface area contributed by atoms with Crippen molar-refractivity contribution in [1.82, 2.24) is 5.32 Å². The Morgan fingerprint density at radius 3 is 2.88 bits per heavy atom. The summed E-state index contributed by atoms with van der Waals surface area (Å²) in [6, 6.07) is 9.05. The minimum Gasteiger partial charge on any atom is -0.391 e. The van der Waals surface area contributed by atoms with E-state index in [1.807, 2.05) is 0 Å². The first-order valence-electron chi connectivity index (χ1n) is 6.76. The lowest BCUT2D eigenvalue weighted by Crippen LogP contribution is -2.35. The molecule has 3 atom stereocenters. The molecular formula is C15H21NO. The Morgan fingerprint density at radius 2 is 2.12 bits per heavy atom. The van der Waals surface area contributed by atoms with Crippen molar-refractivity contribution in [1.29, 1.82) is 0 Å². The highest BCUT2D eigenvalue weighted by atomic mass is 16.3. The van der Waals surface area contributed by atoms with Crippen molar-refractivity contribution < 1.29 is 5.11 Å². The van der Waals surface area contributed by atoms with Gasteiger partial charge in [-0.3, -0.25) is 0 Å². The van der Waals surface area contributed by atoms with Gasteiger partial charge in [-0.25, -0.2) is 0 Å². The number of rotatable bonds is 4. The molecule has 2 nitrogen and oxygen atoms in total. The standard InChI is InChI=1S/C15H21NO/c1-10(8-11-6-7-11)16-15-13-5-3-2-4-12(13)9-14(15)17/h2-5,10-11,14-17H,6-9H2,1H3/t10?,14-,15+/m0/s1. The van der Waals surface area contributed by atoms with Crippen LogP contribution in [0.1, 0.15) is 43.4 Å². The molecule has 1 unspecified atom stereocenters. The van der Waals surface area contributed by atoms with Crippen LogP contribution < -0.4 is 5.32 Å². The Balaban J connectivity index is 1.69. The van der Waals surface area contributed by atoms with Gasteiger partial charge in [-0.15, -0.1) is 0 Å². The molecule has 2 N–H and O–H groups in total. The highest BCUT2D eigenvalue weighted by Crippen LogP contribution is 2.35. The van der Waals surface area contributed by atoms with Crippen LogP contribution in [0.15, 0.2) is 24.3 Å². The molecule has 1 saturated carbocycles. The van der Waals surface area contributed by atoms with Gasteiger partial charge in [0.05, 0.1) is 12.1 Å². The molecule has 2 heteroatoms. The van der Waals surface area contributed by atoms with Gasteiger partial charge in [-0.1, -0.05) is 37.1 Å². The molecule has 0 bridgehead atoms. The van der Waals surface area contributed by atoms with Gasteiger partial charge in [0.1, 0.15) is 0 Å². The molecule has 0 aliphatic heterocycles. The van der Waals surface area contributed by atoms with Gasteiger partial charge in [0.15, 0.2) is 0 Å². The molecule has 0 spiro atoms. The number of benzene rings is 1. The third kappa shape index (κ3) is 2.38. The number of nitrogens with one attached hydrogen (secondary N) is 1. The minimum absolute atomic E-state index is 0.139. The first kappa shape index (κ1) is 11.2. The van der Waals surface area contributed by atoms with Gasteiger partial charge >= 0.3 is 0 Å². The molecule has 17 heavy (non-hydrogen) atoms. The maximum Gasteiger partial charge on any atom is 0.0775 e. The maximum atomic E-state index is 10.1. The smallest absolute Gasteiger partial charge is 0.0775 e. The second kappa shape index (κ2) is 4.43. The summed E-state index contributed by atoms with van der Waals surface area (Å²) in [6.45, 7) is 2.24. The molecule has 2 aliphatic rings. The monoisotopic (exact) mass is 231 g/mol. The lowest BCUT2D eigenvalue weighted by atomic mass is 10.1. The Bertz CT molecular complexity index is 400. The van der Waals surface area contributed by atoms with Crippen molar-refractivity contribution in [3.63, 3.8) is 0 Å². The van der Waals surface area contributed by atoms with Gasteiger partial charge in [0, 0.05) is 12.5 Å². The topological polar surface area (TPSA) is 32.3 Å². The Kier molecular flexibility index (Phi) is 2.93. The first-order chi connectivity index (χ1) is 8.24. The highest BCUT2D eigenvalue weighted by Gasteiger charge is 2.32. The summed E-state index contributed by atoms with van der Waals surface area (Å²) < 4.78 is 0. The fourth-order valence-electron chi connectivity index (χ4n) is 3.00. The summed E-state index contributed by atoms with van der Waals surface area (Å²) in [5.41, 5.74) is 2.60. The van der Waals surface area contributed by atoms with Crippen molar-refractivity contribution in [3.05, 3.63) is 35.4 Å². The van der Waals surface area contributed by atoms with E-state index in [1.165, 1.54) is 30.4 Å². The largest absolute Gasteiger partial charge is 0.391 e. The van der Waals surface area contributed by atoms with E-state index in [-0.39, 0.29) is 12.1 Å². The Labute approximate surface area is 103 Å². The van der Waals surface area contributed by atoms with Crippen LogP contribution in [0.4, 0.5) is 0 Å². The highest BCUT2D eigenvalue weighted by molar-refractivity contribution is 5.36. The zero-order valence-electron chi connectivity index (χ0n) is 10.4. The van der Waals surface area contributed by atoms with E-state index in [2.05, 4.69) is 36.5 Å². The van der Waals surface area contributed by atoms with Crippen molar-refractivity contribution in [3.8, 4) is 0 Å². The quantitative estimate of drug-likeness (QED) is 0.834. The molecule has 0 amide bonds. The normalized spacial score (nSPS) is 29.1. The summed E-state index contributed by atoms with van der Waals surface area (Å²) in [7, 11) is 0. The Hall–Kier alpha value is -0.860. The van der Waals surface area contributed by atoms with E-state index in [1.54, 1.807) is 0 Å². The maximum absolute atomic E-state index is 10.1. The Morgan fingerprint density at radius 1 is 1.35 bits per heavy atom. The van der Waals surface area contributed by atoms with Crippen LogP contribution in [-0.2, 0) is 6.42 Å². The summed E-state index contributed by atoms with van der Waals surface area (Å²) in [6.07, 6.45) is 4.59. The zero-order chi connectivity index (χ0) is 11.8. The van der Waals surface area contributed by atoms with E-state index >= 15 is 0 Å². The summed E-state index contributed by atoms with van der Waals surface area (Å²) >= 11 is 0. The summed E-state index contributed by atoms with van der Waals surface area (Å²) in [5.74, 6) is 0.936. The van der Waals surface area contributed by atoms with Crippen LogP contribution in [-0.4, -0.2) is 17.3 Å². The van der Waals surface area contributed by atoms with E-state index in [9.17, 15) is 5.11 Å². The van der Waals surface area contributed by atoms with Crippen molar-refractivity contribution >= 4 is 0 Å². The third-order valence-electron chi connectivity index (χ3n) is 4.05. The van der Waals surface area contributed by atoms with Crippen LogP contribution in [0.5, 0.6) is 0 Å². The first-order valence-corrected chi connectivity index (χ1v) is 6.76. The molecule has 1 aromatic rings. The molecule has 0 aromatic heterocycles. The van der Waals surface area contributed by atoms with Crippen LogP contribution in [0, 0.1) is 5.92 Å². The van der Waals surface area contributed by atoms with Gasteiger partial charge in [0.2, 0.25) is 0 Å². The average molecular weight is 231 g/mol. The average Bonchev–Trinajstić information content (AvgIpc) is 3.05. The predicted molar refractivity (Wildman–Crippen MR) is 68.8 cm³/mol. The molecule has 0 heterocycles. The van der Waals surface area contributed by atoms with Crippen molar-refractivity contribution in [2.24, 2.45) is 5.92 Å². The van der Waals surface area contributed by atoms with E-state index < -0.39 is 0 Å². The molecule has 0 saturated heterocycles. The predicted octanol–water partition coefficient (Wildman–Crippen LogP) is 2.42. The molecule has 1 fully saturated rings. The fourth-order valence-corrected chi connectivity index (χ4v) is 3.00. The zero-order valence-corrected chi connectivity index (χ0v) is 10.4. The molecule has 2 aliphatic carbocycles. The minimum atomic E-state index is -0.256. The molecule has 0 radical (unpaired) electrons. The number of fused-ring (bicyclic) bond motifs is 1. The number of hydrogen-bond donors (Lipinski definition) is 2. The van der Waals surface area contributed by atoms with E-state index in [4.69, 9.17) is 0 Å². The number of hydrogen-bond acceptors (Lipinski definition) is 2. The van der Waals surface area contributed by atoms with Crippen LogP contribution in [0.2, 0.25) is 0 Å². The summed E-state index contributed by atoms with van der Waals surface area (Å²) in [5, 5.41) is 13.8.